The average Bonchev–Trinajstić information content (AvgIpc) is 2.78. The van der Waals surface area contributed by atoms with Gasteiger partial charge in [0, 0.05) is 42.0 Å². The molecule has 4 heteroatoms. The van der Waals surface area contributed by atoms with Gasteiger partial charge in [-0.3, -0.25) is 0 Å². The number of hydrogen-bond donors (Lipinski definition) is 1. The van der Waals surface area contributed by atoms with E-state index in [0.29, 0.717) is 0 Å². The van der Waals surface area contributed by atoms with E-state index in [1.165, 1.54) is 5.56 Å². The number of benzene rings is 1. The van der Waals surface area contributed by atoms with Gasteiger partial charge in [-0.15, -0.1) is 0 Å². The fraction of sp³-hybridized carbons (Fsp3) is 0.333. The Morgan fingerprint density at radius 3 is 2.74 bits per heavy atom. The minimum atomic E-state index is 0.754. The topological polar surface area (TPSA) is 28.4 Å². The van der Waals surface area contributed by atoms with Crippen molar-refractivity contribution in [2.75, 3.05) is 19.0 Å². The second-order valence-electron chi connectivity index (χ2n) is 4.63. The minimum Gasteiger partial charge on any atom is -0.469 e. The van der Waals surface area contributed by atoms with Gasteiger partial charge in [0.25, 0.3) is 0 Å². The van der Waals surface area contributed by atoms with E-state index in [1.807, 2.05) is 32.2 Å². The highest BCUT2D eigenvalue weighted by molar-refractivity contribution is 6.31. The molecule has 3 nitrogen and oxygen atoms in total. The Bertz CT molecular complexity index is 551. The van der Waals surface area contributed by atoms with E-state index in [4.69, 9.17) is 16.0 Å². The largest absolute Gasteiger partial charge is 0.469 e. The van der Waals surface area contributed by atoms with Gasteiger partial charge in [-0.2, -0.15) is 0 Å². The van der Waals surface area contributed by atoms with Crippen LogP contribution in [-0.4, -0.2) is 14.1 Å². The van der Waals surface area contributed by atoms with Gasteiger partial charge in [-0.25, -0.2) is 0 Å². The second kappa shape index (κ2) is 6.13. The normalized spacial score (nSPS) is 10.7. The monoisotopic (exact) mass is 278 g/mol. The SMILES string of the molecule is CNCc1c(Cl)cccc1N(C)Cc1ccoc1C. The molecule has 0 radical (unpaired) electrons. The number of nitrogens with zero attached hydrogens (tertiary/aromatic N) is 1. The molecule has 0 aliphatic heterocycles. The van der Waals surface area contributed by atoms with Crippen LogP contribution in [0.2, 0.25) is 5.02 Å². The Hall–Kier alpha value is -1.45. The standard InChI is InChI=1S/C15H19ClN2O/c1-11-12(7-8-19-11)10-18(3)15-6-4-5-14(16)13(15)9-17-2/h4-8,17H,9-10H2,1-3H3. The van der Waals surface area contributed by atoms with Crippen LogP contribution < -0.4 is 10.2 Å². The lowest BCUT2D eigenvalue weighted by molar-refractivity contribution is 0.529. The lowest BCUT2D eigenvalue weighted by Crippen LogP contribution is -2.20. The molecular weight excluding hydrogens is 260 g/mol. The molecule has 102 valence electrons. The maximum absolute atomic E-state index is 6.28. The van der Waals surface area contributed by atoms with Crippen LogP contribution in [0.3, 0.4) is 0 Å². The Balaban J connectivity index is 2.26. The molecule has 0 fully saturated rings. The summed E-state index contributed by atoms with van der Waals surface area (Å²) >= 11 is 6.28. The van der Waals surface area contributed by atoms with Crippen molar-refractivity contribution >= 4 is 17.3 Å². The summed E-state index contributed by atoms with van der Waals surface area (Å²) in [6, 6.07) is 8.01. The molecule has 0 amide bonds. The summed E-state index contributed by atoms with van der Waals surface area (Å²) < 4.78 is 5.34. The number of anilines is 1. The fourth-order valence-electron chi connectivity index (χ4n) is 2.17. The van der Waals surface area contributed by atoms with Crippen molar-refractivity contribution in [1.29, 1.82) is 0 Å². The van der Waals surface area contributed by atoms with E-state index >= 15 is 0 Å². The molecule has 2 rings (SSSR count). The molecule has 0 atom stereocenters. The van der Waals surface area contributed by atoms with Crippen molar-refractivity contribution in [2.45, 2.75) is 20.0 Å². The highest BCUT2D eigenvalue weighted by Gasteiger charge is 2.12. The molecule has 1 N–H and O–H groups in total. The van der Waals surface area contributed by atoms with Crippen LogP contribution in [0.15, 0.2) is 34.9 Å². The van der Waals surface area contributed by atoms with Crippen LogP contribution in [0.25, 0.3) is 0 Å². The molecule has 19 heavy (non-hydrogen) atoms. The molecule has 0 bridgehead atoms. The Morgan fingerprint density at radius 1 is 1.32 bits per heavy atom. The number of aryl methyl sites for hydroxylation is 1. The fourth-order valence-corrected chi connectivity index (χ4v) is 2.41. The molecule has 0 saturated carbocycles. The quantitative estimate of drug-likeness (QED) is 0.906. The van der Waals surface area contributed by atoms with E-state index in [-0.39, 0.29) is 0 Å². The third-order valence-corrected chi connectivity index (χ3v) is 3.59. The van der Waals surface area contributed by atoms with Crippen LogP contribution in [0.4, 0.5) is 5.69 Å². The first-order valence-electron chi connectivity index (χ1n) is 6.29. The van der Waals surface area contributed by atoms with Crippen molar-refractivity contribution in [3.63, 3.8) is 0 Å². The molecule has 0 aliphatic carbocycles. The summed E-state index contributed by atoms with van der Waals surface area (Å²) in [5.74, 6) is 0.962. The third-order valence-electron chi connectivity index (χ3n) is 3.23. The number of halogens is 1. The summed E-state index contributed by atoms with van der Waals surface area (Å²) in [6.45, 7) is 3.54. The van der Waals surface area contributed by atoms with Crippen LogP contribution in [0, 0.1) is 6.92 Å². The minimum absolute atomic E-state index is 0.754. The van der Waals surface area contributed by atoms with Gasteiger partial charge >= 0.3 is 0 Å². The van der Waals surface area contributed by atoms with Gasteiger partial charge in [-0.05, 0) is 32.2 Å². The van der Waals surface area contributed by atoms with E-state index in [2.05, 4.69) is 23.3 Å². The third kappa shape index (κ3) is 3.11. The molecule has 2 aromatic rings. The first-order valence-corrected chi connectivity index (χ1v) is 6.67. The molecule has 0 aliphatic rings. The van der Waals surface area contributed by atoms with Crippen molar-refractivity contribution in [3.05, 3.63) is 52.4 Å². The Labute approximate surface area is 119 Å². The second-order valence-corrected chi connectivity index (χ2v) is 5.03. The number of furan rings is 1. The van der Waals surface area contributed by atoms with Crippen molar-refractivity contribution < 1.29 is 4.42 Å². The molecular formula is C15H19ClN2O. The summed E-state index contributed by atoms with van der Waals surface area (Å²) in [4.78, 5) is 2.19. The summed E-state index contributed by atoms with van der Waals surface area (Å²) in [6.07, 6.45) is 1.73. The first kappa shape index (κ1) is 14.0. The summed E-state index contributed by atoms with van der Waals surface area (Å²) in [5.41, 5.74) is 3.45. The molecule has 1 aromatic carbocycles. The lowest BCUT2D eigenvalue weighted by Gasteiger charge is -2.23. The van der Waals surface area contributed by atoms with E-state index in [9.17, 15) is 0 Å². The molecule has 1 heterocycles. The zero-order chi connectivity index (χ0) is 13.8. The molecule has 0 saturated heterocycles. The average molecular weight is 279 g/mol. The first-order chi connectivity index (χ1) is 9.13. The van der Waals surface area contributed by atoms with Crippen LogP contribution in [0.1, 0.15) is 16.9 Å². The van der Waals surface area contributed by atoms with Gasteiger partial charge in [0.1, 0.15) is 5.76 Å². The number of nitrogens with one attached hydrogen (secondary N) is 1. The maximum atomic E-state index is 6.28. The number of hydrogen-bond acceptors (Lipinski definition) is 3. The molecule has 0 unspecified atom stereocenters. The van der Waals surface area contributed by atoms with Gasteiger partial charge in [-0.1, -0.05) is 17.7 Å². The van der Waals surface area contributed by atoms with E-state index in [1.54, 1.807) is 6.26 Å². The predicted octanol–water partition coefficient (Wildman–Crippen LogP) is 3.60. The van der Waals surface area contributed by atoms with Crippen LogP contribution in [-0.2, 0) is 13.1 Å². The number of rotatable bonds is 5. The smallest absolute Gasteiger partial charge is 0.105 e. The van der Waals surface area contributed by atoms with Gasteiger partial charge in [0.2, 0.25) is 0 Å². The lowest BCUT2D eigenvalue weighted by atomic mass is 10.1. The van der Waals surface area contributed by atoms with Crippen molar-refractivity contribution in [2.24, 2.45) is 0 Å². The van der Waals surface area contributed by atoms with Crippen molar-refractivity contribution in [1.82, 2.24) is 5.32 Å². The highest BCUT2D eigenvalue weighted by atomic mass is 35.5. The van der Waals surface area contributed by atoms with E-state index in [0.717, 1.165) is 35.1 Å². The summed E-state index contributed by atoms with van der Waals surface area (Å²) in [7, 11) is 3.99. The van der Waals surface area contributed by atoms with Gasteiger partial charge in [0.15, 0.2) is 0 Å². The Morgan fingerprint density at radius 2 is 2.11 bits per heavy atom. The predicted molar refractivity (Wildman–Crippen MR) is 79.8 cm³/mol. The van der Waals surface area contributed by atoms with Gasteiger partial charge < -0.3 is 14.6 Å². The Kier molecular flexibility index (Phi) is 4.51. The molecule has 1 aromatic heterocycles. The maximum Gasteiger partial charge on any atom is 0.105 e. The van der Waals surface area contributed by atoms with Crippen molar-refractivity contribution in [3.8, 4) is 0 Å². The highest BCUT2D eigenvalue weighted by Crippen LogP contribution is 2.28. The van der Waals surface area contributed by atoms with Crippen LogP contribution >= 0.6 is 11.6 Å². The zero-order valence-electron chi connectivity index (χ0n) is 11.5. The molecule has 0 spiro atoms. The van der Waals surface area contributed by atoms with E-state index < -0.39 is 0 Å². The van der Waals surface area contributed by atoms with Crippen LogP contribution in [0.5, 0.6) is 0 Å². The zero-order valence-corrected chi connectivity index (χ0v) is 12.3. The summed E-state index contributed by atoms with van der Waals surface area (Å²) in [5, 5.41) is 3.95. The van der Waals surface area contributed by atoms with Gasteiger partial charge in [0.05, 0.1) is 6.26 Å².